The summed E-state index contributed by atoms with van der Waals surface area (Å²) >= 11 is 0. The number of carbonyl (C=O) groups excluding carboxylic acids is 1. The molecule has 0 aliphatic heterocycles. The fourth-order valence-electron chi connectivity index (χ4n) is 1.74. The number of hydrogen-bond donors (Lipinski definition) is 1. The summed E-state index contributed by atoms with van der Waals surface area (Å²) in [6, 6.07) is 11.7. The molecule has 1 aliphatic carbocycles. The minimum Gasteiger partial charge on any atom is -0.355 e. The lowest BCUT2D eigenvalue weighted by atomic mass is 10.00. The van der Waals surface area contributed by atoms with E-state index in [1.807, 2.05) is 30.3 Å². The van der Waals surface area contributed by atoms with Gasteiger partial charge in [-0.05, 0) is 30.7 Å². The molecule has 1 atom stereocenters. The molecule has 0 heterocycles. The maximum atomic E-state index is 11.8. The number of nitrogens with one attached hydrogen (secondary N) is 1. The number of nitriles is 1. The molecule has 1 aromatic carbocycles. The fourth-order valence-corrected chi connectivity index (χ4v) is 1.74. The topological polar surface area (TPSA) is 52.9 Å². The smallest absolute Gasteiger partial charge is 0.237 e. The third-order valence-corrected chi connectivity index (χ3v) is 3.02. The van der Waals surface area contributed by atoms with Gasteiger partial charge in [0.05, 0.1) is 6.07 Å². The molecule has 1 N–H and O–H groups in total. The van der Waals surface area contributed by atoms with Gasteiger partial charge in [0, 0.05) is 6.54 Å². The molecule has 1 aliphatic rings. The van der Waals surface area contributed by atoms with Crippen LogP contribution in [0.25, 0.3) is 0 Å². The summed E-state index contributed by atoms with van der Waals surface area (Å²) in [5, 5.41) is 11.9. The van der Waals surface area contributed by atoms with E-state index >= 15 is 0 Å². The highest BCUT2D eigenvalue weighted by Crippen LogP contribution is 2.27. The Labute approximate surface area is 101 Å². The lowest BCUT2D eigenvalue weighted by Gasteiger charge is -2.09. The molecule has 1 aromatic rings. The summed E-state index contributed by atoms with van der Waals surface area (Å²) in [6.45, 7) is 0.728. The van der Waals surface area contributed by atoms with E-state index in [-0.39, 0.29) is 5.91 Å². The SMILES string of the molecule is N#CC(Cc1ccccc1)C(=O)NCC1CC1. The number of hydrogen-bond acceptors (Lipinski definition) is 2. The first kappa shape index (κ1) is 11.7. The van der Waals surface area contributed by atoms with Gasteiger partial charge >= 0.3 is 0 Å². The number of benzene rings is 1. The summed E-state index contributed by atoms with van der Waals surface area (Å²) in [5.41, 5.74) is 1.03. The Morgan fingerprint density at radius 1 is 1.41 bits per heavy atom. The quantitative estimate of drug-likeness (QED) is 0.836. The van der Waals surface area contributed by atoms with Crippen LogP contribution < -0.4 is 5.32 Å². The Morgan fingerprint density at radius 3 is 2.71 bits per heavy atom. The van der Waals surface area contributed by atoms with Crippen molar-refractivity contribution >= 4 is 5.91 Å². The van der Waals surface area contributed by atoms with Gasteiger partial charge in [0.1, 0.15) is 5.92 Å². The second-order valence-corrected chi connectivity index (χ2v) is 4.56. The minimum absolute atomic E-state index is 0.136. The van der Waals surface area contributed by atoms with Crippen molar-refractivity contribution < 1.29 is 4.79 Å². The monoisotopic (exact) mass is 228 g/mol. The molecular weight excluding hydrogens is 212 g/mol. The van der Waals surface area contributed by atoms with Gasteiger partial charge in [0.25, 0.3) is 0 Å². The van der Waals surface area contributed by atoms with Crippen LogP contribution in [0.4, 0.5) is 0 Å². The van der Waals surface area contributed by atoms with Gasteiger partial charge in [-0.15, -0.1) is 0 Å². The first-order chi connectivity index (χ1) is 8.29. The zero-order valence-electron chi connectivity index (χ0n) is 9.73. The van der Waals surface area contributed by atoms with E-state index in [0.29, 0.717) is 12.3 Å². The lowest BCUT2D eigenvalue weighted by Crippen LogP contribution is -2.32. The number of amides is 1. The van der Waals surface area contributed by atoms with Gasteiger partial charge in [-0.3, -0.25) is 4.79 Å². The second kappa shape index (κ2) is 5.49. The molecule has 0 saturated heterocycles. The molecule has 0 bridgehead atoms. The Morgan fingerprint density at radius 2 is 2.12 bits per heavy atom. The summed E-state index contributed by atoms with van der Waals surface area (Å²) < 4.78 is 0. The van der Waals surface area contributed by atoms with Crippen LogP contribution in [0, 0.1) is 23.2 Å². The molecule has 0 aromatic heterocycles. The van der Waals surface area contributed by atoms with Gasteiger partial charge < -0.3 is 5.32 Å². The highest BCUT2D eigenvalue weighted by atomic mass is 16.1. The maximum Gasteiger partial charge on any atom is 0.237 e. The summed E-state index contributed by atoms with van der Waals surface area (Å²) in [4.78, 5) is 11.8. The molecular formula is C14H16N2O. The average Bonchev–Trinajstić information content (AvgIpc) is 3.18. The first-order valence-corrected chi connectivity index (χ1v) is 6.01. The second-order valence-electron chi connectivity index (χ2n) is 4.56. The molecule has 0 spiro atoms. The van der Waals surface area contributed by atoms with Crippen LogP contribution in [-0.2, 0) is 11.2 Å². The van der Waals surface area contributed by atoms with E-state index in [4.69, 9.17) is 5.26 Å². The van der Waals surface area contributed by atoms with Crippen LogP contribution in [0.3, 0.4) is 0 Å². The summed E-state index contributed by atoms with van der Waals surface area (Å²) in [7, 11) is 0. The average molecular weight is 228 g/mol. The normalized spacial score (nSPS) is 15.9. The standard InChI is InChI=1S/C14H16N2O/c15-9-13(8-11-4-2-1-3-5-11)14(17)16-10-12-6-7-12/h1-5,12-13H,6-8,10H2,(H,16,17). The zero-order chi connectivity index (χ0) is 12.1. The van der Waals surface area contributed by atoms with Crippen molar-refractivity contribution in [2.75, 3.05) is 6.54 Å². The summed E-state index contributed by atoms with van der Waals surface area (Å²) in [5.74, 6) is -0.0607. The highest BCUT2D eigenvalue weighted by Gasteiger charge is 2.24. The van der Waals surface area contributed by atoms with E-state index in [9.17, 15) is 4.79 Å². The largest absolute Gasteiger partial charge is 0.355 e. The van der Waals surface area contributed by atoms with Crippen LogP contribution in [-0.4, -0.2) is 12.5 Å². The molecule has 0 radical (unpaired) electrons. The maximum absolute atomic E-state index is 11.8. The predicted molar refractivity (Wildman–Crippen MR) is 65.0 cm³/mol. The molecule has 1 amide bonds. The van der Waals surface area contributed by atoms with E-state index in [2.05, 4.69) is 11.4 Å². The van der Waals surface area contributed by atoms with Gasteiger partial charge in [-0.1, -0.05) is 30.3 Å². The van der Waals surface area contributed by atoms with Crippen LogP contribution in [0.1, 0.15) is 18.4 Å². The molecule has 1 unspecified atom stereocenters. The van der Waals surface area contributed by atoms with Crippen LogP contribution in [0.15, 0.2) is 30.3 Å². The molecule has 2 rings (SSSR count). The van der Waals surface area contributed by atoms with Crippen LogP contribution >= 0.6 is 0 Å². The minimum atomic E-state index is -0.573. The number of nitrogens with zero attached hydrogens (tertiary/aromatic N) is 1. The molecule has 17 heavy (non-hydrogen) atoms. The third kappa shape index (κ3) is 3.60. The fraction of sp³-hybridized carbons (Fsp3) is 0.429. The third-order valence-electron chi connectivity index (χ3n) is 3.02. The van der Waals surface area contributed by atoms with E-state index in [1.165, 1.54) is 12.8 Å². The van der Waals surface area contributed by atoms with Crippen molar-refractivity contribution in [1.29, 1.82) is 5.26 Å². The van der Waals surface area contributed by atoms with Crippen LogP contribution in [0.2, 0.25) is 0 Å². The Kier molecular flexibility index (Phi) is 3.77. The van der Waals surface area contributed by atoms with Crippen molar-refractivity contribution in [3.63, 3.8) is 0 Å². The van der Waals surface area contributed by atoms with Crippen molar-refractivity contribution in [3.05, 3.63) is 35.9 Å². The first-order valence-electron chi connectivity index (χ1n) is 6.01. The number of carbonyl (C=O) groups is 1. The van der Waals surface area contributed by atoms with E-state index < -0.39 is 5.92 Å². The number of rotatable bonds is 5. The summed E-state index contributed by atoms with van der Waals surface area (Å²) in [6.07, 6.45) is 2.90. The zero-order valence-corrected chi connectivity index (χ0v) is 9.73. The predicted octanol–water partition coefficient (Wildman–Crippen LogP) is 1.90. The van der Waals surface area contributed by atoms with E-state index in [0.717, 1.165) is 12.1 Å². The van der Waals surface area contributed by atoms with E-state index in [1.54, 1.807) is 0 Å². The Bertz CT molecular complexity index is 418. The molecule has 1 saturated carbocycles. The van der Waals surface area contributed by atoms with Crippen LogP contribution in [0.5, 0.6) is 0 Å². The van der Waals surface area contributed by atoms with Crippen molar-refractivity contribution in [2.24, 2.45) is 11.8 Å². The highest BCUT2D eigenvalue weighted by molar-refractivity contribution is 5.81. The van der Waals surface area contributed by atoms with Crippen molar-refractivity contribution in [1.82, 2.24) is 5.32 Å². The van der Waals surface area contributed by atoms with Gasteiger partial charge in [-0.25, -0.2) is 0 Å². The van der Waals surface area contributed by atoms with Crippen molar-refractivity contribution in [3.8, 4) is 6.07 Å². The van der Waals surface area contributed by atoms with Gasteiger partial charge in [0.15, 0.2) is 0 Å². The Balaban J connectivity index is 1.87. The molecule has 1 fully saturated rings. The Hall–Kier alpha value is -1.82. The molecule has 88 valence electrons. The molecule has 3 heteroatoms. The lowest BCUT2D eigenvalue weighted by molar-refractivity contribution is -0.123. The van der Waals surface area contributed by atoms with Gasteiger partial charge in [-0.2, -0.15) is 5.26 Å². The van der Waals surface area contributed by atoms with Crippen molar-refractivity contribution in [2.45, 2.75) is 19.3 Å². The molecule has 3 nitrogen and oxygen atoms in total. The van der Waals surface area contributed by atoms with Gasteiger partial charge in [0.2, 0.25) is 5.91 Å².